The quantitative estimate of drug-likeness (QED) is 0.0179. The second-order valence-electron chi connectivity index (χ2n) is 15.7. The minimum absolute atomic E-state index is 0.00533. The number of nitrogens with zero attached hydrogens (tertiary/aromatic N) is 2. The standard InChI is InChI=1S/C46H52N12O13/c47-35-14-6-5-13-33(35)44(64)55-26-43(63)54-25-42(62)53-24-41(61)52-23-40(60)51-22-39(59)49-18-8-7-15-37(45(65)50-20-19-48-36-17-16-28(57(67)68)21-38(36)58(69)70)56-46(66)71-27-34-31-11-3-1-9-29(31)30-10-2-4-12-32(30)34/h1-6,9-14,16-17,21,34,37,48H,7-8,15,18-20,22-27,47H2,(H,49,59)(H,50,65)(H,51,60)(H,52,61)(H,53,62)(H,54,63)(H,55,64)(H,56,66)/t37-/m0/s1. The van der Waals surface area contributed by atoms with Gasteiger partial charge in [0, 0.05) is 37.3 Å². The summed E-state index contributed by atoms with van der Waals surface area (Å²) in [6.45, 7) is -2.37. The summed E-state index contributed by atoms with van der Waals surface area (Å²) in [4.78, 5) is 121. The average molecular weight is 981 g/mol. The van der Waals surface area contributed by atoms with E-state index < -0.39 is 107 Å². The predicted molar refractivity (Wildman–Crippen MR) is 255 cm³/mol. The van der Waals surface area contributed by atoms with Crippen molar-refractivity contribution in [3.05, 3.63) is 128 Å². The van der Waals surface area contributed by atoms with Crippen LogP contribution in [-0.2, 0) is 33.5 Å². The third kappa shape index (κ3) is 16.3. The van der Waals surface area contributed by atoms with Crippen LogP contribution in [0.2, 0.25) is 0 Å². The Kier molecular flexibility index (Phi) is 19.6. The lowest BCUT2D eigenvalue weighted by Crippen LogP contribution is -2.48. The van der Waals surface area contributed by atoms with Gasteiger partial charge in [-0.25, -0.2) is 4.79 Å². The van der Waals surface area contributed by atoms with Gasteiger partial charge in [0.2, 0.25) is 35.4 Å². The van der Waals surface area contributed by atoms with Crippen LogP contribution in [0.5, 0.6) is 0 Å². The highest BCUT2D eigenvalue weighted by Gasteiger charge is 2.30. The molecule has 0 bridgehead atoms. The minimum Gasteiger partial charge on any atom is -0.449 e. The monoisotopic (exact) mass is 980 g/mol. The van der Waals surface area contributed by atoms with Crippen LogP contribution in [0, 0.1) is 20.2 Å². The van der Waals surface area contributed by atoms with Crippen molar-refractivity contribution in [1.82, 2.24) is 42.5 Å². The molecule has 1 aliphatic rings. The number of unbranched alkanes of at least 4 members (excludes halogenated alkanes) is 1. The molecule has 25 heteroatoms. The average Bonchev–Trinajstić information content (AvgIpc) is 3.68. The summed E-state index contributed by atoms with van der Waals surface area (Å²) >= 11 is 0. The molecule has 1 atom stereocenters. The van der Waals surface area contributed by atoms with Gasteiger partial charge in [-0.2, -0.15) is 0 Å². The SMILES string of the molecule is Nc1ccccc1C(=O)NCC(=O)NCC(=O)NCC(=O)NCC(=O)NCC(=O)NCCCC[C@H](NC(=O)OCC1c2ccccc2-c2ccccc21)C(=O)NCCNc1ccc([N+](=O)[O-])cc1[N+](=O)[O-]. The Labute approximate surface area is 405 Å². The Balaban J connectivity index is 1.00. The van der Waals surface area contributed by atoms with Gasteiger partial charge in [-0.05, 0) is 59.7 Å². The number of amides is 8. The molecule has 1 aliphatic carbocycles. The maximum Gasteiger partial charge on any atom is 0.407 e. The fourth-order valence-electron chi connectivity index (χ4n) is 7.18. The van der Waals surface area contributed by atoms with E-state index in [0.717, 1.165) is 34.4 Å². The summed E-state index contributed by atoms with van der Waals surface area (Å²) in [5.74, 6) is -4.82. The van der Waals surface area contributed by atoms with Crippen LogP contribution < -0.4 is 53.6 Å². The number of fused-ring (bicyclic) bond motifs is 3. The second-order valence-corrected chi connectivity index (χ2v) is 15.7. The number of non-ortho nitro benzene ring substituents is 1. The van der Waals surface area contributed by atoms with Crippen LogP contribution in [0.1, 0.15) is 46.7 Å². The van der Waals surface area contributed by atoms with Crippen molar-refractivity contribution in [1.29, 1.82) is 0 Å². The van der Waals surface area contributed by atoms with Gasteiger partial charge in [-0.15, -0.1) is 0 Å². The lowest BCUT2D eigenvalue weighted by Gasteiger charge is -2.20. The van der Waals surface area contributed by atoms with Crippen molar-refractivity contribution in [2.24, 2.45) is 0 Å². The summed E-state index contributed by atoms with van der Waals surface area (Å²) < 4.78 is 5.65. The van der Waals surface area contributed by atoms with Crippen molar-refractivity contribution < 1.29 is 52.9 Å². The summed E-state index contributed by atoms with van der Waals surface area (Å²) in [5, 5.41) is 44.8. The number of rotatable bonds is 26. The van der Waals surface area contributed by atoms with Crippen molar-refractivity contribution in [2.45, 2.75) is 31.2 Å². The second kappa shape index (κ2) is 26.4. The van der Waals surface area contributed by atoms with Crippen LogP contribution in [0.15, 0.2) is 91.0 Å². The van der Waals surface area contributed by atoms with Crippen molar-refractivity contribution >= 4 is 70.2 Å². The first-order chi connectivity index (χ1) is 34.1. The number of nitro groups is 2. The lowest BCUT2D eigenvalue weighted by atomic mass is 9.98. The first-order valence-electron chi connectivity index (χ1n) is 22.1. The van der Waals surface area contributed by atoms with Gasteiger partial charge in [0.1, 0.15) is 18.3 Å². The molecule has 0 radical (unpaired) electrons. The molecule has 0 saturated heterocycles. The predicted octanol–water partition coefficient (Wildman–Crippen LogP) is 0.702. The van der Waals surface area contributed by atoms with E-state index in [4.69, 9.17) is 10.5 Å². The van der Waals surface area contributed by atoms with E-state index in [1.807, 2.05) is 48.5 Å². The number of anilines is 2. The van der Waals surface area contributed by atoms with E-state index in [-0.39, 0.29) is 55.5 Å². The lowest BCUT2D eigenvalue weighted by molar-refractivity contribution is -0.393. The number of nitrogens with two attached hydrogens (primary N) is 1. The van der Waals surface area contributed by atoms with Crippen LogP contribution >= 0.6 is 0 Å². The van der Waals surface area contributed by atoms with Crippen LogP contribution in [-0.4, -0.2) is 122 Å². The summed E-state index contributed by atoms with van der Waals surface area (Å²) in [6.07, 6.45) is -0.0932. The minimum atomic E-state index is -1.11. The molecular weight excluding hydrogens is 929 g/mol. The molecule has 4 aromatic carbocycles. The molecule has 5 rings (SSSR count). The number of benzene rings is 4. The molecular formula is C46H52N12O13. The number of nitro benzene ring substituents is 2. The maximum absolute atomic E-state index is 13.4. The molecule has 4 aromatic rings. The number of carbonyl (C=O) groups is 8. The maximum atomic E-state index is 13.4. The summed E-state index contributed by atoms with van der Waals surface area (Å²) in [6, 6.07) is 23.8. The highest BCUT2D eigenvalue weighted by atomic mass is 16.6. The van der Waals surface area contributed by atoms with Gasteiger partial charge in [-0.3, -0.25) is 53.8 Å². The van der Waals surface area contributed by atoms with E-state index in [1.165, 1.54) is 18.2 Å². The zero-order valence-electron chi connectivity index (χ0n) is 38.1. The van der Waals surface area contributed by atoms with Gasteiger partial charge in [0.05, 0.1) is 54.2 Å². The number of hydrogen-bond acceptors (Lipinski definition) is 15. The first kappa shape index (κ1) is 52.8. The highest BCUT2D eigenvalue weighted by molar-refractivity contribution is 6.01. The summed E-state index contributed by atoms with van der Waals surface area (Å²) in [5.41, 5.74) is 9.18. The van der Waals surface area contributed by atoms with E-state index in [1.54, 1.807) is 12.1 Å². The van der Waals surface area contributed by atoms with Gasteiger partial charge >= 0.3 is 6.09 Å². The Morgan fingerprint density at radius 1 is 0.592 bits per heavy atom. The normalized spacial score (nSPS) is 11.5. The largest absolute Gasteiger partial charge is 0.449 e. The van der Waals surface area contributed by atoms with Gasteiger partial charge < -0.3 is 58.3 Å². The molecule has 25 nitrogen and oxygen atoms in total. The molecule has 0 spiro atoms. The number of carbonyl (C=O) groups excluding carboxylic acids is 8. The molecule has 0 saturated carbocycles. The molecule has 374 valence electrons. The Hall–Kier alpha value is -9.16. The van der Waals surface area contributed by atoms with E-state index in [0.29, 0.717) is 12.8 Å². The third-order valence-electron chi connectivity index (χ3n) is 10.7. The first-order valence-corrected chi connectivity index (χ1v) is 22.1. The van der Waals surface area contributed by atoms with Crippen LogP contribution in [0.4, 0.5) is 27.5 Å². The molecule has 11 N–H and O–H groups in total. The van der Waals surface area contributed by atoms with Crippen LogP contribution in [0.3, 0.4) is 0 Å². The van der Waals surface area contributed by atoms with E-state index in [9.17, 15) is 58.6 Å². The molecule has 71 heavy (non-hydrogen) atoms. The fraction of sp³-hybridized carbons (Fsp3) is 0.304. The molecule has 8 amide bonds. The van der Waals surface area contributed by atoms with E-state index in [2.05, 4.69) is 47.9 Å². The molecule has 0 fully saturated rings. The Morgan fingerprint density at radius 2 is 1.13 bits per heavy atom. The number of nitrogens with one attached hydrogen (secondary N) is 9. The fourth-order valence-corrected chi connectivity index (χ4v) is 7.18. The van der Waals surface area contributed by atoms with Crippen molar-refractivity contribution in [3.8, 4) is 11.1 Å². The zero-order valence-corrected chi connectivity index (χ0v) is 38.1. The topological polar surface area (TPSA) is 366 Å². The summed E-state index contributed by atoms with van der Waals surface area (Å²) in [7, 11) is 0. The Morgan fingerprint density at radius 3 is 1.69 bits per heavy atom. The van der Waals surface area contributed by atoms with E-state index >= 15 is 0 Å². The van der Waals surface area contributed by atoms with Gasteiger partial charge in [0.25, 0.3) is 17.3 Å². The highest BCUT2D eigenvalue weighted by Crippen LogP contribution is 2.44. The Bertz CT molecular complexity index is 2600. The number of hydrogen-bond donors (Lipinski definition) is 10. The number of nitrogen functional groups attached to an aromatic ring is 1. The third-order valence-corrected chi connectivity index (χ3v) is 10.7. The number of ether oxygens (including phenoxy) is 1. The van der Waals surface area contributed by atoms with Crippen molar-refractivity contribution in [2.75, 3.05) is 70.0 Å². The smallest absolute Gasteiger partial charge is 0.407 e. The molecule has 0 unspecified atom stereocenters. The van der Waals surface area contributed by atoms with Gasteiger partial charge in [0.15, 0.2) is 0 Å². The van der Waals surface area contributed by atoms with Crippen molar-refractivity contribution in [3.63, 3.8) is 0 Å². The molecule has 0 heterocycles. The van der Waals surface area contributed by atoms with Gasteiger partial charge in [-0.1, -0.05) is 60.7 Å². The number of para-hydroxylation sites is 1. The molecule has 0 aliphatic heterocycles. The number of alkyl carbamates (subject to hydrolysis) is 1. The zero-order chi connectivity index (χ0) is 51.3. The molecule has 0 aromatic heterocycles. The van der Waals surface area contributed by atoms with Crippen LogP contribution in [0.25, 0.3) is 11.1 Å².